The van der Waals surface area contributed by atoms with E-state index in [9.17, 15) is 44.3 Å². The van der Waals surface area contributed by atoms with Crippen LogP contribution in [0.15, 0.2) is 48.5 Å². The third-order valence-electron chi connectivity index (χ3n) is 3.79. The molecule has 0 atom stereocenters. The molecular weight excluding hydrogens is 459 g/mol. The van der Waals surface area contributed by atoms with Gasteiger partial charge in [0.15, 0.2) is 13.2 Å². The summed E-state index contributed by atoms with van der Waals surface area (Å²) in [6.07, 6.45) is -13.1. The maximum absolute atomic E-state index is 12.8. The molecule has 0 radical (unpaired) electrons. The molecule has 0 heterocycles. The fourth-order valence-corrected chi connectivity index (χ4v) is 2.51. The Bertz CT molecular complexity index is 956. The van der Waals surface area contributed by atoms with Gasteiger partial charge in [0, 0.05) is 5.56 Å². The molecule has 0 aliphatic carbocycles. The van der Waals surface area contributed by atoms with Crippen LogP contribution < -0.4 is 9.47 Å². The number of ether oxygens (including phenoxy) is 2. The van der Waals surface area contributed by atoms with Crippen molar-refractivity contribution in [1.29, 1.82) is 0 Å². The van der Waals surface area contributed by atoms with Crippen LogP contribution in [0.4, 0.5) is 39.5 Å². The summed E-state index contributed by atoms with van der Waals surface area (Å²) < 4.78 is 123. The van der Waals surface area contributed by atoms with Crippen molar-refractivity contribution >= 4 is 11.9 Å². The largest absolute Gasteiger partial charge is 0.484 e. The van der Waals surface area contributed by atoms with Gasteiger partial charge >= 0.3 is 18.5 Å². The molecule has 2 rings (SSSR count). The summed E-state index contributed by atoms with van der Waals surface area (Å²) in [6, 6.07) is 5.97. The lowest BCUT2D eigenvalue weighted by molar-refractivity contribution is -0.154. The van der Waals surface area contributed by atoms with Gasteiger partial charge in [0.05, 0.1) is 5.56 Å². The second-order valence-electron chi connectivity index (χ2n) is 6.26. The molecule has 0 N–H and O–H groups in total. The number of carbonyl (C=O) groups is 1. The van der Waals surface area contributed by atoms with E-state index < -0.39 is 48.8 Å². The van der Waals surface area contributed by atoms with Crippen molar-refractivity contribution in [3.05, 3.63) is 65.2 Å². The van der Waals surface area contributed by atoms with E-state index in [4.69, 9.17) is 0 Å². The highest BCUT2D eigenvalue weighted by Gasteiger charge is 2.31. The highest BCUT2D eigenvalue weighted by molar-refractivity contribution is 5.91. The number of alkyl halides is 9. The highest BCUT2D eigenvalue weighted by Crippen LogP contribution is 2.37. The van der Waals surface area contributed by atoms with Crippen LogP contribution in [0.3, 0.4) is 0 Å². The minimum absolute atomic E-state index is 0.0325. The van der Waals surface area contributed by atoms with Gasteiger partial charge in [-0.3, -0.25) is 4.79 Å². The van der Waals surface area contributed by atoms with E-state index in [0.29, 0.717) is 12.1 Å². The Labute approximate surface area is 175 Å². The van der Waals surface area contributed by atoms with E-state index in [2.05, 4.69) is 9.47 Å². The van der Waals surface area contributed by atoms with Crippen LogP contribution in [0.5, 0.6) is 11.5 Å². The Balaban J connectivity index is 2.53. The molecule has 0 unspecified atom stereocenters. The predicted octanol–water partition coefficient (Wildman–Crippen LogP) is 6.22. The number of benzene rings is 2. The lowest BCUT2D eigenvalue weighted by Gasteiger charge is -2.18. The standard InChI is InChI=1S/C20H13F9O3/c21-18(22,23)10-31-14-5-6-17(32-11-19(24,25)26)16(9-14)15(7-8-30)12-1-3-13(4-2-12)20(27,28)29/h1-9H,10-11H2. The summed E-state index contributed by atoms with van der Waals surface area (Å²) in [7, 11) is 0. The number of carbonyl (C=O) groups excluding carboxylic acids is 1. The molecule has 12 heteroatoms. The van der Waals surface area contributed by atoms with Crippen LogP contribution in [-0.4, -0.2) is 31.9 Å². The van der Waals surface area contributed by atoms with Gasteiger partial charge < -0.3 is 9.47 Å². The normalized spacial score (nSPS) is 13.1. The molecule has 174 valence electrons. The molecule has 0 amide bonds. The van der Waals surface area contributed by atoms with Crippen LogP contribution in [0.25, 0.3) is 5.57 Å². The maximum atomic E-state index is 12.8. The van der Waals surface area contributed by atoms with Gasteiger partial charge in [0.2, 0.25) is 0 Å². The second kappa shape index (κ2) is 9.53. The van der Waals surface area contributed by atoms with Gasteiger partial charge in [-0.1, -0.05) is 12.1 Å². The van der Waals surface area contributed by atoms with E-state index >= 15 is 0 Å². The Hall–Kier alpha value is -3.18. The first-order valence-corrected chi connectivity index (χ1v) is 8.56. The first kappa shape index (κ1) is 25.1. The van der Waals surface area contributed by atoms with E-state index in [0.717, 1.165) is 36.4 Å². The third kappa shape index (κ3) is 7.50. The summed E-state index contributed by atoms with van der Waals surface area (Å²) >= 11 is 0. The van der Waals surface area contributed by atoms with Crippen molar-refractivity contribution in [2.75, 3.05) is 13.2 Å². The summed E-state index contributed by atoms with van der Waals surface area (Å²) in [6.45, 7) is -3.47. The highest BCUT2D eigenvalue weighted by atomic mass is 19.4. The van der Waals surface area contributed by atoms with Gasteiger partial charge in [0.25, 0.3) is 0 Å². The molecule has 32 heavy (non-hydrogen) atoms. The smallest absolute Gasteiger partial charge is 0.422 e. The van der Waals surface area contributed by atoms with Crippen molar-refractivity contribution in [2.24, 2.45) is 0 Å². The Morgan fingerprint density at radius 3 is 1.84 bits per heavy atom. The van der Waals surface area contributed by atoms with Gasteiger partial charge in [-0.25, -0.2) is 0 Å². The molecule has 0 bridgehead atoms. The molecule has 2 aromatic carbocycles. The van der Waals surface area contributed by atoms with Crippen molar-refractivity contribution in [2.45, 2.75) is 18.5 Å². The molecule has 0 saturated carbocycles. The third-order valence-corrected chi connectivity index (χ3v) is 3.79. The quantitative estimate of drug-likeness (QED) is 0.273. The van der Waals surface area contributed by atoms with E-state index in [1.54, 1.807) is 0 Å². The van der Waals surface area contributed by atoms with Crippen molar-refractivity contribution < 1.29 is 53.8 Å². The molecule has 0 aromatic heterocycles. The lowest BCUT2D eigenvalue weighted by atomic mass is 9.95. The summed E-state index contributed by atoms with van der Waals surface area (Å²) in [5.74, 6) is -0.893. The molecule has 0 fully saturated rings. The van der Waals surface area contributed by atoms with E-state index in [-0.39, 0.29) is 23.0 Å². The zero-order valence-electron chi connectivity index (χ0n) is 15.7. The van der Waals surface area contributed by atoms with Crippen molar-refractivity contribution in [1.82, 2.24) is 0 Å². The zero-order chi connectivity index (χ0) is 24.2. The number of halogens is 9. The minimum Gasteiger partial charge on any atom is -0.484 e. The molecule has 2 aromatic rings. The number of rotatable bonds is 7. The van der Waals surface area contributed by atoms with Crippen LogP contribution in [0, 0.1) is 0 Å². The molecular formula is C20H13F9O3. The average Bonchev–Trinajstić information content (AvgIpc) is 2.67. The number of allylic oxidation sites excluding steroid dienone is 1. The number of hydrogen-bond donors (Lipinski definition) is 0. The van der Waals surface area contributed by atoms with Crippen LogP contribution in [0.1, 0.15) is 16.7 Å². The topological polar surface area (TPSA) is 35.5 Å². The lowest BCUT2D eigenvalue weighted by Crippen LogP contribution is -2.20. The summed E-state index contributed by atoms with van der Waals surface area (Å²) in [5.41, 5.74) is -1.54. The van der Waals surface area contributed by atoms with Gasteiger partial charge in [-0.2, -0.15) is 39.5 Å². The predicted molar refractivity (Wildman–Crippen MR) is 94.1 cm³/mol. The summed E-state index contributed by atoms with van der Waals surface area (Å²) in [5, 5.41) is 0. The van der Waals surface area contributed by atoms with Gasteiger partial charge in [-0.05, 0) is 47.5 Å². The maximum Gasteiger partial charge on any atom is 0.422 e. The molecule has 3 nitrogen and oxygen atoms in total. The van der Waals surface area contributed by atoms with Crippen LogP contribution in [0.2, 0.25) is 0 Å². The number of aldehydes is 1. The number of hydrogen-bond acceptors (Lipinski definition) is 3. The first-order chi connectivity index (χ1) is 14.7. The second-order valence-corrected chi connectivity index (χ2v) is 6.26. The van der Waals surface area contributed by atoms with E-state index in [1.807, 2.05) is 0 Å². The fraction of sp³-hybridized carbons (Fsp3) is 0.250. The SMILES string of the molecule is O=CC=C(c1ccc(C(F)(F)F)cc1)c1cc(OCC(F)(F)F)ccc1OCC(F)(F)F. The van der Waals surface area contributed by atoms with Crippen LogP contribution >= 0.6 is 0 Å². The molecule has 0 aliphatic rings. The monoisotopic (exact) mass is 472 g/mol. The van der Waals surface area contributed by atoms with Gasteiger partial charge in [0.1, 0.15) is 17.8 Å². The van der Waals surface area contributed by atoms with E-state index in [1.165, 1.54) is 0 Å². The summed E-state index contributed by atoms with van der Waals surface area (Å²) in [4.78, 5) is 11.1. The zero-order valence-corrected chi connectivity index (χ0v) is 15.7. The molecule has 0 aliphatic heterocycles. The Kier molecular flexibility index (Phi) is 7.47. The molecule has 0 saturated heterocycles. The minimum atomic E-state index is -4.76. The fourth-order valence-electron chi connectivity index (χ4n) is 2.51. The Morgan fingerprint density at radius 1 is 0.781 bits per heavy atom. The van der Waals surface area contributed by atoms with Crippen LogP contribution in [-0.2, 0) is 11.0 Å². The van der Waals surface area contributed by atoms with Gasteiger partial charge in [-0.15, -0.1) is 0 Å². The Morgan fingerprint density at radius 2 is 1.34 bits per heavy atom. The molecule has 0 spiro atoms. The van der Waals surface area contributed by atoms with Crippen molar-refractivity contribution in [3.8, 4) is 11.5 Å². The van der Waals surface area contributed by atoms with Crippen molar-refractivity contribution in [3.63, 3.8) is 0 Å². The first-order valence-electron chi connectivity index (χ1n) is 8.56. The average molecular weight is 472 g/mol.